The fourth-order valence-corrected chi connectivity index (χ4v) is 3.67. The number of furan rings is 1. The van der Waals surface area contributed by atoms with Crippen molar-refractivity contribution in [3.05, 3.63) is 24.2 Å². The number of likely N-dealkylation sites (tertiary alicyclic amines) is 1. The molecule has 0 aliphatic carbocycles. The number of nitrogens with zero attached hydrogens (tertiary/aromatic N) is 2. The summed E-state index contributed by atoms with van der Waals surface area (Å²) in [7, 11) is 0. The van der Waals surface area contributed by atoms with Crippen molar-refractivity contribution in [2.45, 2.75) is 44.8 Å². The zero-order valence-corrected chi connectivity index (χ0v) is 16.2. The zero-order valence-electron chi connectivity index (χ0n) is 16.2. The van der Waals surface area contributed by atoms with Crippen LogP contribution < -0.4 is 10.6 Å². The highest BCUT2D eigenvalue weighted by Crippen LogP contribution is 2.16. The Labute approximate surface area is 164 Å². The van der Waals surface area contributed by atoms with E-state index < -0.39 is 6.04 Å². The SMILES string of the molecule is CCOC(=O)N1CCC(NC(=O)C[C@H]2C(=O)NCCN2Cc2ccoc2)CC1. The molecule has 2 saturated heterocycles. The number of nitrogens with one attached hydrogen (secondary N) is 2. The molecule has 9 nitrogen and oxygen atoms in total. The number of carbonyl (C=O) groups excluding carboxylic acids is 3. The largest absolute Gasteiger partial charge is 0.472 e. The first kappa shape index (κ1) is 20.2. The van der Waals surface area contributed by atoms with Crippen LogP contribution in [0, 0.1) is 0 Å². The van der Waals surface area contributed by atoms with Gasteiger partial charge in [-0.1, -0.05) is 0 Å². The molecule has 9 heteroatoms. The Morgan fingerprint density at radius 2 is 2.11 bits per heavy atom. The van der Waals surface area contributed by atoms with E-state index in [0.717, 1.165) is 5.56 Å². The van der Waals surface area contributed by atoms with Gasteiger partial charge in [-0.15, -0.1) is 0 Å². The average Bonchev–Trinajstić information content (AvgIpc) is 3.18. The molecule has 28 heavy (non-hydrogen) atoms. The fraction of sp³-hybridized carbons (Fsp3) is 0.632. The predicted octanol–water partition coefficient (Wildman–Crippen LogP) is 0.707. The van der Waals surface area contributed by atoms with Gasteiger partial charge in [0.25, 0.3) is 0 Å². The standard InChI is InChI=1S/C19H28N4O5/c1-2-28-19(26)22-7-3-15(4-8-22)21-17(24)11-16-18(25)20-6-9-23(16)12-14-5-10-27-13-14/h5,10,13,15-16H,2-4,6-9,11-12H2,1H3,(H,20,25)(H,21,24)/t16-/m0/s1. The van der Waals surface area contributed by atoms with E-state index in [2.05, 4.69) is 10.6 Å². The monoisotopic (exact) mass is 392 g/mol. The fourth-order valence-electron chi connectivity index (χ4n) is 3.67. The predicted molar refractivity (Wildman–Crippen MR) is 100 cm³/mol. The zero-order chi connectivity index (χ0) is 19.9. The summed E-state index contributed by atoms with van der Waals surface area (Å²) in [5.41, 5.74) is 0.978. The maximum absolute atomic E-state index is 12.5. The molecule has 1 aromatic rings. The molecule has 1 atom stereocenters. The Morgan fingerprint density at radius 1 is 1.32 bits per heavy atom. The third-order valence-electron chi connectivity index (χ3n) is 5.17. The normalized spacial score (nSPS) is 21.2. The number of rotatable bonds is 6. The van der Waals surface area contributed by atoms with Gasteiger partial charge in [-0.2, -0.15) is 0 Å². The molecule has 2 fully saturated rings. The Balaban J connectivity index is 1.49. The molecule has 0 unspecified atom stereocenters. The van der Waals surface area contributed by atoms with E-state index >= 15 is 0 Å². The molecule has 3 heterocycles. The van der Waals surface area contributed by atoms with Crippen LogP contribution in [0.4, 0.5) is 4.79 Å². The highest BCUT2D eigenvalue weighted by Gasteiger charge is 2.33. The molecule has 0 spiro atoms. The Hall–Kier alpha value is -2.55. The number of piperazine rings is 1. The second-order valence-corrected chi connectivity index (χ2v) is 7.14. The molecule has 2 N–H and O–H groups in total. The van der Waals surface area contributed by atoms with Gasteiger partial charge in [0.2, 0.25) is 11.8 Å². The second kappa shape index (κ2) is 9.59. The minimum atomic E-state index is -0.497. The molecular weight excluding hydrogens is 364 g/mol. The maximum Gasteiger partial charge on any atom is 0.409 e. The van der Waals surface area contributed by atoms with Crippen LogP contribution in [0.2, 0.25) is 0 Å². The van der Waals surface area contributed by atoms with Crippen LogP contribution >= 0.6 is 0 Å². The summed E-state index contributed by atoms with van der Waals surface area (Å²) >= 11 is 0. The van der Waals surface area contributed by atoms with Crippen LogP contribution in [0.15, 0.2) is 23.0 Å². The Bertz CT molecular complexity index is 670. The lowest BCUT2D eigenvalue weighted by atomic mass is 10.0. The van der Waals surface area contributed by atoms with E-state index in [0.29, 0.717) is 52.2 Å². The van der Waals surface area contributed by atoms with Crippen molar-refractivity contribution in [2.24, 2.45) is 0 Å². The minimum Gasteiger partial charge on any atom is -0.472 e. The summed E-state index contributed by atoms with van der Waals surface area (Å²) in [6.07, 6.45) is 4.42. The summed E-state index contributed by atoms with van der Waals surface area (Å²) in [6.45, 7) is 5.07. The third kappa shape index (κ3) is 5.25. The number of carbonyl (C=O) groups is 3. The first-order chi connectivity index (χ1) is 13.6. The van der Waals surface area contributed by atoms with Crippen molar-refractivity contribution < 1.29 is 23.5 Å². The summed E-state index contributed by atoms with van der Waals surface area (Å²) in [6, 6.07) is 1.37. The van der Waals surface area contributed by atoms with Crippen molar-refractivity contribution in [1.29, 1.82) is 0 Å². The van der Waals surface area contributed by atoms with Gasteiger partial charge in [0.15, 0.2) is 0 Å². The molecule has 2 aliphatic rings. The number of ether oxygens (including phenoxy) is 1. The number of piperidine rings is 1. The highest BCUT2D eigenvalue weighted by atomic mass is 16.6. The first-order valence-corrected chi connectivity index (χ1v) is 9.80. The second-order valence-electron chi connectivity index (χ2n) is 7.14. The lowest BCUT2D eigenvalue weighted by Crippen LogP contribution is -2.56. The summed E-state index contributed by atoms with van der Waals surface area (Å²) < 4.78 is 10.1. The molecule has 1 aromatic heterocycles. The van der Waals surface area contributed by atoms with Gasteiger partial charge in [0, 0.05) is 44.3 Å². The lowest BCUT2D eigenvalue weighted by molar-refractivity contribution is -0.134. The van der Waals surface area contributed by atoms with Gasteiger partial charge in [-0.05, 0) is 25.8 Å². The summed E-state index contributed by atoms with van der Waals surface area (Å²) in [4.78, 5) is 40.3. The molecule has 0 aromatic carbocycles. The molecule has 3 rings (SSSR count). The van der Waals surface area contributed by atoms with Crippen LogP contribution in [-0.4, -0.2) is 72.6 Å². The summed E-state index contributed by atoms with van der Waals surface area (Å²) in [5, 5.41) is 5.85. The minimum absolute atomic E-state index is 0.00662. The quantitative estimate of drug-likeness (QED) is 0.739. The molecule has 0 radical (unpaired) electrons. The van der Waals surface area contributed by atoms with E-state index in [1.807, 2.05) is 11.0 Å². The molecule has 0 bridgehead atoms. The van der Waals surface area contributed by atoms with Gasteiger partial charge >= 0.3 is 6.09 Å². The number of hydrogen-bond acceptors (Lipinski definition) is 6. The van der Waals surface area contributed by atoms with Crippen LogP contribution in [0.3, 0.4) is 0 Å². The smallest absolute Gasteiger partial charge is 0.409 e. The van der Waals surface area contributed by atoms with Crippen LogP contribution in [0.25, 0.3) is 0 Å². The van der Waals surface area contributed by atoms with Crippen molar-refractivity contribution in [1.82, 2.24) is 20.4 Å². The lowest BCUT2D eigenvalue weighted by Gasteiger charge is -2.35. The van der Waals surface area contributed by atoms with Gasteiger partial charge in [-0.3, -0.25) is 14.5 Å². The van der Waals surface area contributed by atoms with Crippen molar-refractivity contribution in [3.63, 3.8) is 0 Å². The highest BCUT2D eigenvalue weighted by molar-refractivity contribution is 5.88. The maximum atomic E-state index is 12.5. The topological polar surface area (TPSA) is 104 Å². The molecule has 0 saturated carbocycles. The van der Waals surface area contributed by atoms with Gasteiger partial charge in [-0.25, -0.2) is 4.79 Å². The number of amides is 3. The van der Waals surface area contributed by atoms with E-state index in [1.54, 1.807) is 24.3 Å². The summed E-state index contributed by atoms with van der Waals surface area (Å²) in [5.74, 6) is -0.268. The van der Waals surface area contributed by atoms with Gasteiger partial charge in [0.05, 0.1) is 31.6 Å². The molecule has 3 amide bonds. The van der Waals surface area contributed by atoms with E-state index in [1.165, 1.54) is 0 Å². The average molecular weight is 392 g/mol. The Kier molecular flexibility index (Phi) is 6.91. The van der Waals surface area contributed by atoms with Gasteiger partial charge in [0.1, 0.15) is 0 Å². The Morgan fingerprint density at radius 3 is 2.79 bits per heavy atom. The first-order valence-electron chi connectivity index (χ1n) is 9.80. The number of hydrogen-bond donors (Lipinski definition) is 2. The van der Waals surface area contributed by atoms with E-state index in [9.17, 15) is 14.4 Å². The van der Waals surface area contributed by atoms with Crippen LogP contribution in [0.5, 0.6) is 0 Å². The molecule has 2 aliphatic heterocycles. The van der Waals surface area contributed by atoms with Crippen LogP contribution in [-0.2, 0) is 20.9 Å². The van der Waals surface area contributed by atoms with Crippen molar-refractivity contribution in [2.75, 3.05) is 32.8 Å². The third-order valence-corrected chi connectivity index (χ3v) is 5.17. The van der Waals surface area contributed by atoms with E-state index in [4.69, 9.17) is 9.15 Å². The molecular formula is C19H28N4O5. The van der Waals surface area contributed by atoms with Crippen molar-refractivity contribution in [3.8, 4) is 0 Å². The van der Waals surface area contributed by atoms with Crippen molar-refractivity contribution >= 4 is 17.9 Å². The van der Waals surface area contributed by atoms with Gasteiger partial charge < -0.3 is 24.7 Å². The van der Waals surface area contributed by atoms with E-state index in [-0.39, 0.29) is 30.4 Å². The molecule has 154 valence electrons. The van der Waals surface area contributed by atoms with Crippen LogP contribution in [0.1, 0.15) is 31.7 Å².